The minimum atomic E-state index is -1.53. The molecule has 12 heteroatoms. The van der Waals surface area contributed by atoms with Crippen LogP contribution in [0.5, 0.6) is 0 Å². The molecule has 0 unspecified atom stereocenters. The molecular formula is C22H36F2N2O8. The second-order valence-corrected chi connectivity index (χ2v) is 10.9. The quantitative estimate of drug-likeness (QED) is 0.595. The summed E-state index contributed by atoms with van der Waals surface area (Å²) in [6, 6.07) is 0. The van der Waals surface area contributed by atoms with Crippen molar-refractivity contribution >= 4 is 24.1 Å². The number of rotatable bonds is 2. The molecule has 0 bridgehead atoms. The van der Waals surface area contributed by atoms with Crippen LogP contribution in [0.1, 0.15) is 68.2 Å². The Morgan fingerprint density at radius 2 is 1.00 bits per heavy atom. The minimum Gasteiger partial charge on any atom is -0.480 e. The number of nitrogens with zero attached hydrogens (tertiary/aromatic N) is 2. The van der Waals surface area contributed by atoms with Crippen molar-refractivity contribution < 1.29 is 47.6 Å². The van der Waals surface area contributed by atoms with Gasteiger partial charge in [-0.25, -0.2) is 28.0 Å². The first kappa shape index (κ1) is 29.4. The first-order chi connectivity index (χ1) is 15.1. The van der Waals surface area contributed by atoms with Crippen LogP contribution in [0.4, 0.5) is 18.4 Å². The maximum Gasteiger partial charge on any atom is 0.411 e. The van der Waals surface area contributed by atoms with Crippen LogP contribution >= 0.6 is 0 Å². The van der Waals surface area contributed by atoms with Crippen LogP contribution in [0.15, 0.2) is 0 Å². The third-order valence-electron chi connectivity index (χ3n) is 5.34. The summed E-state index contributed by atoms with van der Waals surface area (Å²) in [6.07, 6.45) is -4.65. The van der Waals surface area contributed by atoms with E-state index < -0.39 is 58.7 Å². The van der Waals surface area contributed by atoms with Crippen LogP contribution < -0.4 is 0 Å². The van der Waals surface area contributed by atoms with Gasteiger partial charge in [0.2, 0.25) is 0 Å². The topological polar surface area (TPSA) is 134 Å². The molecule has 2 aliphatic heterocycles. The van der Waals surface area contributed by atoms with Crippen molar-refractivity contribution in [2.24, 2.45) is 0 Å². The minimum absolute atomic E-state index is 0.207. The standard InChI is InChI=1S/2C11H18FNO4/c2*1-10(2,3)17-9(16)13-6-7(12)5-11(13,4)8(14)15/h2*7H,5-6H2,1-4H3,(H,14,15)/t7-,11+;7-,11-/m11/s1. The molecule has 2 aliphatic rings. The Bertz CT molecular complexity index is 744. The summed E-state index contributed by atoms with van der Waals surface area (Å²) >= 11 is 0. The first-order valence-electron chi connectivity index (χ1n) is 10.9. The van der Waals surface area contributed by atoms with E-state index in [0.717, 1.165) is 9.80 Å². The van der Waals surface area contributed by atoms with Gasteiger partial charge in [0.15, 0.2) is 0 Å². The molecule has 10 nitrogen and oxygen atoms in total. The fourth-order valence-electron chi connectivity index (χ4n) is 3.60. The molecular weight excluding hydrogens is 458 g/mol. The number of halogens is 2. The third kappa shape index (κ3) is 7.17. The fourth-order valence-corrected chi connectivity index (χ4v) is 3.60. The van der Waals surface area contributed by atoms with E-state index in [1.807, 2.05) is 0 Å². The lowest BCUT2D eigenvalue weighted by Crippen LogP contribution is -2.52. The third-order valence-corrected chi connectivity index (χ3v) is 5.34. The Morgan fingerprint density at radius 3 is 1.21 bits per heavy atom. The molecule has 0 radical (unpaired) electrons. The molecule has 2 saturated heterocycles. The number of ether oxygens (including phenoxy) is 2. The molecule has 0 aromatic rings. The molecule has 196 valence electrons. The van der Waals surface area contributed by atoms with Gasteiger partial charge in [-0.1, -0.05) is 0 Å². The number of likely N-dealkylation sites (tertiary alicyclic amines) is 2. The highest BCUT2D eigenvalue weighted by molar-refractivity contribution is 5.85. The average Bonchev–Trinajstić information content (AvgIpc) is 3.09. The van der Waals surface area contributed by atoms with Gasteiger partial charge in [-0.05, 0) is 55.4 Å². The summed E-state index contributed by atoms with van der Waals surface area (Å²) < 4.78 is 36.8. The molecule has 34 heavy (non-hydrogen) atoms. The summed E-state index contributed by atoms with van der Waals surface area (Å²) in [5.74, 6) is -2.44. The van der Waals surface area contributed by atoms with E-state index in [0.29, 0.717) is 0 Å². The largest absolute Gasteiger partial charge is 0.480 e. The van der Waals surface area contributed by atoms with E-state index in [1.165, 1.54) is 13.8 Å². The molecule has 4 atom stereocenters. The monoisotopic (exact) mass is 494 g/mol. The Hall–Kier alpha value is -2.66. The summed E-state index contributed by atoms with van der Waals surface area (Å²) in [7, 11) is 0. The zero-order chi connectivity index (χ0) is 26.9. The van der Waals surface area contributed by atoms with Crippen LogP contribution in [0.3, 0.4) is 0 Å². The van der Waals surface area contributed by atoms with Gasteiger partial charge in [0.1, 0.15) is 34.6 Å². The van der Waals surface area contributed by atoms with Crippen LogP contribution in [0.25, 0.3) is 0 Å². The normalized spacial score (nSPS) is 29.2. The molecule has 2 N–H and O–H groups in total. The number of carbonyl (C=O) groups is 4. The second kappa shape index (κ2) is 9.91. The number of carboxylic acid groups (broad SMARTS) is 2. The fraction of sp³-hybridized carbons (Fsp3) is 0.818. The zero-order valence-electron chi connectivity index (χ0n) is 21.0. The highest BCUT2D eigenvalue weighted by Gasteiger charge is 2.52. The van der Waals surface area contributed by atoms with Crippen molar-refractivity contribution in [3.05, 3.63) is 0 Å². The predicted molar refractivity (Wildman–Crippen MR) is 117 cm³/mol. The lowest BCUT2D eigenvalue weighted by atomic mass is 9.99. The Balaban J connectivity index is 0.000000340. The highest BCUT2D eigenvalue weighted by atomic mass is 19.1. The Morgan fingerprint density at radius 1 is 0.735 bits per heavy atom. The summed E-state index contributed by atoms with van der Waals surface area (Å²) in [5, 5.41) is 18.2. The van der Waals surface area contributed by atoms with Crippen molar-refractivity contribution in [1.82, 2.24) is 9.80 Å². The van der Waals surface area contributed by atoms with Crippen LogP contribution in [0.2, 0.25) is 0 Å². The smallest absolute Gasteiger partial charge is 0.411 e. The maximum absolute atomic E-state index is 13.3. The van der Waals surface area contributed by atoms with E-state index in [-0.39, 0.29) is 25.9 Å². The van der Waals surface area contributed by atoms with Gasteiger partial charge in [-0.15, -0.1) is 0 Å². The predicted octanol–water partition coefficient (Wildman–Crippen LogP) is 3.62. The SMILES string of the molecule is CC(C)(C)OC(=O)N1C[C@H](F)C[C@@]1(C)C(=O)O.CC(C)(C)OC(=O)N1C[C@H](F)C[C@]1(C)C(=O)O. The molecule has 2 heterocycles. The highest BCUT2D eigenvalue weighted by Crippen LogP contribution is 2.33. The molecule has 0 spiro atoms. The van der Waals surface area contributed by atoms with Gasteiger partial charge >= 0.3 is 24.1 Å². The van der Waals surface area contributed by atoms with E-state index >= 15 is 0 Å². The van der Waals surface area contributed by atoms with E-state index in [4.69, 9.17) is 19.7 Å². The molecule has 2 amide bonds. The van der Waals surface area contributed by atoms with Gasteiger partial charge in [0.05, 0.1) is 13.1 Å². The number of hydrogen-bond donors (Lipinski definition) is 2. The number of alkyl halides is 2. The molecule has 2 rings (SSSR count). The lowest BCUT2D eigenvalue weighted by molar-refractivity contribution is -0.149. The maximum atomic E-state index is 13.3. The lowest BCUT2D eigenvalue weighted by Gasteiger charge is -2.32. The molecule has 0 aliphatic carbocycles. The molecule has 2 fully saturated rings. The van der Waals surface area contributed by atoms with Gasteiger partial charge in [0, 0.05) is 12.8 Å². The van der Waals surface area contributed by atoms with E-state index in [1.54, 1.807) is 41.5 Å². The van der Waals surface area contributed by atoms with Gasteiger partial charge in [-0.3, -0.25) is 9.80 Å². The van der Waals surface area contributed by atoms with Crippen molar-refractivity contribution in [2.75, 3.05) is 13.1 Å². The summed E-state index contributed by atoms with van der Waals surface area (Å²) in [4.78, 5) is 47.8. The Kier molecular flexibility index (Phi) is 8.56. The summed E-state index contributed by atoms with van der Waals surface area (Å²) in [6.45, 7) is 12.2. The van der Waals surface area contributed by atoms with Crippen LogP contribution in [-0.4, -0.2) is 91.9 Å². The van der Waals surface area contributed by atoms with E-state index in [2.05, 4.69) is 0 Å². The number of aliphatic carboxylic acids is 2. The molecule has 0 aromatic heterocycles. The van der Waals surface area contributed by atoms with Crippen molar-refractivity contribution in [3.8, 4) is 0 Å². The van der Waals surface area contributed by atoms with Crippen molar-refractivity contribution in [2.45, 2.75) is 103 Å². The number of amides is 2. The van der Waals surface area contributed by atoms with Gasteiger partial charge < -0.3 is 19.7 Å². The van der Waals surface area contributed by atoms with Gasteiger partial charge in [-0.2, -0.15) is 0 Å². The van der Waals surface area contributed by atoms with Crippen LogP contribution in [0, 0.1) is 0 Å². The van der Waals surface area contributed by atoms with Crippen LogP contribution in [-0.2, 0) is 19.1 Å². The number of carbonyl (C=O) groups excluding carboxylic acids is 2. The Labute approximate surface area is 198 Å². The summed E-state index contributed by atoms with van der Waals surface area (Å²) in [5.41, 5.74) is -4.51. The first-order valence-corrected chi connectivity index (χ1v) is 10.9. The molecule has 0 aromatic carbocycles. The van der Waals surface area contributed by atoms with Crippen molar-refractivity contribution in [1.29, 1.82) is 0 Å². The average molecular weight is 495 g/mol. The van der Waals surface area contributed by atoms with E-state index in [9.17, 15) is 28.0 Å². The van der Waals surface area contributed by atoms with Gasteiger partial charge in [0.25, 0.3) is 0 Å². The molecule has 0 saturated carbocycles. The number of hydrogen-bond acceptors (Lipinski definition) is 6. The number of carboxylic acids is 2. The zero-order valence-corrected chi connectivity index (χ0v) is 21.0. The van der Waals surface area contributed by atoms with Crippen molar-refractivity contribution in [3.63, 3.8) is 0 Å². The second-order valence-electron chi connectivity index (χ2n) is 10.9.